The molecule has 0 atom stereocenters. The lowest BCUT2D eigenvalue weighted by Gasteiger charge is -2.08. The van der Waals surface area contributed by atoms with E-state index in [0.29, 0.717) is 13.0 Å². The van der Waals surface area contributed by atoms with Gasteiger partial charge in [-0.15, -0.1) is 0 Å². The number of carbonyl (C=O) groups is 1. The number of furan rings is 1. The molecule has 0 unspecified atom stereocenters. The maximum atomic E-state index is 11.7. The Balaban J connectivity index is 1.41. The van der Waals surface area contributed by atoms with E-state index in [-0.39, 0.29) is 12.5 Å². The van der Waals surface area contributed by atoms with Gasteiger partial charge in [-0.05, 0) is 54.7 Å². The van der Waals surface area contributed by atoms with Gasteiger partial charge in [0.15, 0.2) is 6.61 Å². The summed E-state index contributed by atoms with van der Waals surface area (Å²) in [7, 11) is 0. The van der Waals surface area contributed by atoms with Gasteiger partial charge in [-0.25, -0.2) is 0 Å². The van der Waals surface area contributed by atoms with Crippen LogP contribution in [0.15, 0.2) is 41.0 Å². The lowest BCUT2D eigenvalue weighted by molar-refractivity contribution is -0.123. The Morgan fingerprint density at radius 1 is 1.24 bits per heavy atom. The van der Waals surface area contributed by atoms with E-state index in [2.05, 4.69) is 17.4 Å². The third kappa shape index (κ3) is 3.66. The minimum absolute atomic E-state index is 0.0525. The molecule has 0 fully saturated rings. The molecule has 0 aliphatic heterocycles. The molecule has 1 aliphatic carbocycles. The van der Waals surface area contributed by atoms with Crippen LogP contribution < -0.4 is 10.1 Å². The second-order valence-corrected chi connectivity index (χ2v) is 5.25. The SMILES string of the molecule is O=C(COc1ccc2c(c1)CCC2)NCCc1ccco1. The summed E-state index contributed by atoms with van der Waals surface area (Å²) in [6, 6.07) is 9.84. The van der Waals surface area contributed by atoms with Gasteiger partial charge in [-0.1, -0.05) is 6.07 Å². The average molecular weight is 285 g/mol. The molecule has 21 heavy (non-hydrogen) atoms. The van der Waals surface area contributed by atoms with Crippen molar-refractivity contribution >= 4 is 5.91 Å². The molecule has 1 aliphatic rings. The van der Waals surface area contributed by atoms with E-state index in [1.165, 1.54) is 17.5 Å². The fourth-order valence-corrected chi connectivity index (χ4v) is 2.62. The number of amides is 1. The molecule has 110 valence electrons. The molecule has 0 spiro atoms. The van der Waals surface area contributed by atoms with Gasteiger partial charge < -0.3 is 14.5 Å². The number of benzene rings is 1. The largest absolute Gasteiger partial charge is 0.484 e. The van der Waals surface area contributed by atoms with Crippen LogP contribution in [0.2, 0.25) is 0 Å². The molecular weight excluding hydrogens is 266 g/mol. The van der Waals surface area contributed by atoms with Crippen LogP contribution in [0.1, 0.15) is 23.3 Å². The van der Waals surface area contributed by atoms with Crippen molar-refractivity contribution in [1.82, 2.24) is 5.32 Å². The molecule has 1 heterocycles. The molecule has 0 saturated heterocycles. The number of hydrogen-bond acceptors (Lipinski definition) is 3. The van der Waals surface area contributed by atoms with E-state index in [1.807, 2.05) is 18.2 Å². The van der Waals surface area contributed by atoms with Gasteiger partial charge in [0.05, 0.1) is 6.26 Å². The summed E-state index contributed by atoms with van der Waals surface area (Å²) in [4.78, 5) is 11.7. The van der Waals surface area contributed by atoms with Crippen LogP contribution in [-0.2, 0) is 24.1 Å². The summed E-state index contributed by atoms with van der Waals surface area (Å²) in [5.74, 6) is 1.54. The van der Waals surface area contributed by atoms with Gasteiger partial charge in [-0.3, -0.25) is 4.79 Å². The number of nitrogens with one attached hydrogen (secondary N) is 1. The van der Waals surface area contributed by atoms with Crippen LogP contribution >= 0.6 is 0 Å². The van der Waals surface area contributed by atoms with Crippen molar-refractivity contribution in [2.75, 3.05) is 13.2 Å². The fraction of sp³-hybridized carbons (Fsp3) is 0.353. The number of ether oxygens (including phenoxy) is 1. The second kappa shape index (κ2) is 6.48. The van der Waals surface area contributed by atoms with Crippen molar-refractivity contribution in [2.45, 2.75) is 25.7 Å². The highest BCUT2D eigenvalue weighted by molar-refractivity contribution is 5.77. The summed E-state index contributed by atoms with van der Waals surface area (Å²) in [6.07, 6.45) is 5.81. The third-order valence-corrected chi connectivity index (χ3v) is 3.71. The van der Waals surface area contributed by atoms with Gasteiger partial charge >= 0.3 is 0 Å². The predicted octanol–water partition coefficient (Wildman–Crippen LogP) is 2.51. The smallest absolute Gasteiger partial charge is 0.257 e. The lowest BCUT2D eigenvalue weighted by Crippen LogP contribution is -2.30. The van der Waals surface area contributed by atoms with Gasteiger partial charge in [0.1, 0.15) is 11.5 Å². The summed E-state index contributed by atoms with van der Waals surface area (Å²) in [6.45, 7) is 0.608. The Hall–Kier alpha value is -2.23. The fourth-order valence-electron chi connectivity index (χ4n) is 2.62. The van der Waals surface area contributed by atoms with Crippen molar-refractivity contribution < 1.29 is 13.9 Å². The predicted molar refractivity (Wildman–Crippen MR) is 79.4 cm³/mol. The van der Waals surface area contributed by atoms with E-state index in [4.69, 9.17) is 9.15 Å². The third-order valence-electron chi connectivity index (χ3n) is 3.71. The van der Waals surface area contributed by atoms with Crippen molar-refractivity contribution in [1.29, 1.82) is 0 Å². The van der Waals surface area contributed by atoms with E-state index in [0.717, 1.165) is 24.4 Å². The number of aryl methyl sites for hydroxylation is 2. The molecule has 0 radical (unpaired) electrons. The minimum atomic E-state index is -0.109. The Morgan fingerprint density at radius 3 is 3.00 bits per heavy atom. The van der Waals surface area contributed by atoms with Gasteiger partial charge in [0.25, 0.3) is 5.91 Å². The van der Waals surface area contributed by atoms with Crippen molar-refractivity contribution in [2.24, 2.45) is 0 Å². The van der Waals surface area contributed by atoms with Crippen LogP contribution in [0.4, 0.5) is 0 Å². The normalized spacial score (nSPS) is 13.0. The average Bonchev–Trinajstić information content (AvgIpc) is 3.15. The molecule has 4 heteroatoms. The van der Waals surface area contributed by atoms with E-state index in [9.17, 15) is 4.79 Å². The second-order valence-electron chi connectivity index (χ2n) is 5.25. The Bertz CT molecular complexity index is 605. The minimum Gasteiger partial charge on any atom is -0.484 e. The number of hydrogen-bond donors (Lipinski definition) is 1. The zero-order chi connectivity index (χ0) is 14.5. The van der Waals surface area contributed by atoms with Crippen LogP contribution in [0.25, 0.3) is 0 Å². The quantitative estimate of drug-likeness (QED) is 0.887. The Kier molecular flexibility index (Phi) is 4.24. The van der Waals surface area contributed by atoms with E-state index >= 15 is 0 Å². The molecule has 2 aromatic rings. The Labute approximate surface area is 124 Å². The topological polar surface area (TPSA) is 51.5 Å². The summed E-state index contributed by atoms with van der Waals surface area (Å²) >= 11 is 0. The highest BCUT2D eigenvalue weighted by atomic mass is 16.5. The first kappa shape index (κ1) is 13.7. The number of rotatable bonds is 6. The molecule has 0 saturated carbocycles. The number of fused-ring (bicyclic) bond motifs is 1. The molecule has 3 rings (SSSR count). The molecule has 0 bridgehead atoms. The molecule has 1 N–H and O–H groups in total. The van der Waals surface area contributed by atoms with Crippen molar-refractivity contribution in [3.63, 3.8) is 0 Å². The summed E-state index contributed by atoms with van der Waals surface area (Å²) in [5, 5.41) is 2.82. The molecule has 1 aromatic heterocycles. The molecule has 1 aromatic carbocycles. The van der Waals surface area contributed by atoms with E-state index < -0.39 is 0 Å². The molecular formula is C17H19NO3. The standard InChI is InChI=1S/C17H19NO3/c19-17(18-9-8-15-5-2-10-20-15)12-21-16-7-6-13-3-1-4-14(13)11-16/h2,5-7,10-11H,1,3-4,8-9,12H2,(H,18,19). The zero-order valence-electron chi connectivity index (χ0n) is 11.9. The Morgan fingerprint density at radius 2 is 2.14 bits per heavy atom. The highest BCUT2D eigenvalue weighted by Gasteiger charge is 2.11. The van der Waals surface area contributed by atoms with Gasteiger partial charge in [0, 0.05) is 13.0 Å². The zero-order valence-corrected chi connectivity index (χ0v) is 11.9. The van der Waals surface area contributed by atoms with Crippen LogP contribution in [0.3, 0.4) is 0 Å². The first-order valence-electron chi connectivity index (χ1n) is 7.35. The van der Waals surface area contributed by atoms with E-state index in [1.54, 1.807) is 6.26 Å². The highest BCUT2D eigenvalue weighted by Crippen LogP contribution is 2.25. The van der Waals surface area contributed by atoms with Crippen LogP contribution in [-0.4, -0.2) is 19.1 Å². The molecule has 1 amide bonds. The van der Waals surface area contributed by atoms with Crippen molar-refractivity contribution in [3.05, 3.63) is 53.5 Å². The maximum absolute atomic E-state index is 11.7. The van der Waals surface area contributed by atoms with Crippen LogP contribution in [0.5, 0.6) is 5.75 Å². The van der Waals surface area contributed by atoms with Crippen molar-refractivity contribution in [3.8, 4) is 5.75 Å². The first-order chi connectivity index (χ1) is 10.3. The summed E-state index contributed by atoms with van der Waals surface area (Å²) < 4.78 is 10.8. The van der Waals surface area contributed by atoms with Gasteiger partial charge in [-0.2, -0.15) is 0 Å². The molecule has 4 nitrogen and oxygen atoms in total. The summed E-state index contributed by atoms with van der Waals surface area (Å²) in [5.41, 5.74) is 2.76. The van der Waals surface area contributed by atoms with Crippen LogP contribution in [0, 0.1) is 0 Å². The number of carbonyl (C=O) groups excluding carboxylic acids is 1. The lowest BCUT2D eigenvalue weighted by atomic mass is 10.1. The first-order valence-corrected chi connectivity index (χ1v) is 7.35. The van der Waals surface area contributed by atoms with Gasteiger partial charge in [0.2, 0.25) is 0 Å². The monoisotopic (exact) mass is 285 g/mol. The maximum Gasteiger partial charge on any atom is 0.257 e.